The Balaban J connectivity index is 1.63. The van der Waals surface area contributed by atoms with Crippen molar-refractivity contribution in [3.05, 3.63) is 71.0 Å². The van der Waals surface area contributed by atoms with Crippen molar-refractivity contribution in [1.29, 1.82) is 5.26 Å². The number of carbonyl (C=O) groups excluding carboxylic acids is 1. The Morgan fingerprint density at radius 2 is 1.77 bits per heavy atom. The number of hydrogen-bond donors (Lipinski definition) is 2. The normalized spacial score (nSPS) is 15.4. The fraction of sp³-hybridized carbons (Fsp3) is 0.407. The van der Waals surface area contributed by atoms with E-state index >= 15 is 0 Å². The summed E-state index contributed by atoms with van der Waals surface area (Å²) in [5.41, 5.74) is 1.45. The summed E-state index contributed by atoms with van der Waals surface area (Å²) in [7, 11) is -3.79. The predicted molar refractivity (Wildman–Crippen MR) is 134 cm³/mol. The molecule has 2 aromatic rings. The van der Waals surface area contributed by atoms with Gasteiger partial charge in [0.25, 0.3) is 10.0 Å². The van der Waals surface area contributed by atoms with Gasteiger partial charge in [-0.3, -0.25) is 4.72 Å². The number of aliphatic hydroxyl groups excluding tert-OH is 1. The fourth-order valence-electron chi connectivity index (χ4n) is 4.57. The maximum absolute atomic E-state index is 12.7. The highest BCUT2D eigenvalue weighted by atomic mass is 32.2. The summed E-state index contributed by atoms with van der Waals surface area (Å²) < 4.78 is 33.7. The first-order valence-corrected chi connectivity index (χ1v) is 13.5. The van der Waals surface area contributed by atoms with Gasteiger partial charge in [0.1, 0.15) is 11.4 Å². The molecule has 1 aliphatic rings. The Kier molecular flexibility index (Phi) is 8.57. The van der Waals surface area contributed by atoms with Crippen molar-refractivity contribution in [3.63, 3.8) is 0 Å². The van der Waals surface area contributed by atoms with E-state index in [9.17, 15) is 18.3 Å². The molecule has 35 heavy (non-hydrogen) atoms. The second-order valence-electron chi connectivity index (χ2n) is 8.97. The summed E-state index contributed by atoms with van der Waals surface area (Å²) in [5.74, 6) is -0.299. The number of nitriles is 1. The van der Waals surface area contributed by atoms with Crippen LogP contribution in [0.4, 0.5) is 5.69 Å². The van der Waals surface area contributed by atoms with Crippen LogP contribution in [0.2, 0.25) is 0 Å². The summed E-state index contributed by atoms with van der Waals surface area (Å²) in [6.45, 7) is 4.08. The van der Waals surface area contributed by atoms with Gasteiger partial charge in [-0.05, 0) is 74.1 Å². The van der Waals surface area contributed by atoms with Crippen LogP contribution in [0.5, 0.6) is 0 Å². The molecule has 0 fully saturated rings. The molecule has 0 amide bonds. The minimum absolute atomic E-state index is 0.0716. The Bertz CT molecular complexity index is 1220. The van der Waals surface area contributed by atoms with Crippen molar-refractivity contribution in [1.82, 2.24) is 0 Å². The molecule has 0 atom stereocenters. The standard InChI is InChI=1S/C27H32N2O5S/c1-3-15-27(16-4-2)18-25(30)24(26(31)34-27)10-6-8-20-7-5-9-22(17-20)29-35(32,33)23-13-11-21(19-28)12-14-23/h5,7,9,11-14,17,29-30H,3-4,6,8,10,15-16,18H2,1-2H3. The molecule has 0 saturated heterocycles. The number of ether oxygens (including phenoxy) is 1. The second-order valence-corrected chi connectivity index (χ2v) is 10.7. The number of nitrogens with zero attached hydrogens (tertiary/aromatic N) is 1. The Morgan fingerprint density at radius 1 is 1.09 bits per heavy atom. The van der Waals surface area contributed by atoms with Crippen molar-refractivity contribution >= 4 is 21.7 Å². The first-order chi connectivity index (χ1) is 16.7. The number of aliphatic hydroxyl groups is 1. The van der Waals surface area contributed by atoms with Gasteiger partial charge in [0.05, 0.1) is 22.1 Å². The molecule has 0 aliphatic carbocycles. The van der Waals surface area contributed by atoms with E-state index in [1.165, 1.54) is 24.3 Å². The number of nitrogens with one attached hydrogen (secondary N) is 1. The molecule has 0 spiro atoms. The van der Waals surface area contributed by atoms with E-state index in [1.807, 2.05) is 26.0 Å². The predicted octanol–water partition coefficient (Wildman–Crippen LogP) is 5.78. The van der Waals surface area contributed by atoms with Crippen molar-refractivity contribution < 1.29 is 23.1 Å². The third-order valence-electron chi connectivity index (χ3n) is 6.17. The lowest BCUT2D eigenvalue weighted by atomic mass is 9.84. The lowest BCUT2D eigenvalue weighted by molar-refractivity contribution is -0.161. The largest absolute Gasteiger partial charge is 0.512 e. The average molecular weight is 497 g/mol. The molecule has 186 valence electrons. The summed E-state index contributed by atoms with van der Waals surface area (Å²) in [4.78, 5) is 12.7. The van der Waals surface area contributed by atoms with Gasteiger partial charge in [-0.25, -0.2) is 13.2 Å². The highest BCUT2D eigenvalue weighted by Crippen LogP contribution is 2.37. The van der Waals surface area contributed by atoms with Gasteiger partial charge >= 0.3 is 5.97 Å². The first kappa shape index (κ1) is 26.3. The molecule has 0 unspecified atom stereocenters. The van der Waals surface area contributed by atoms with E-state index < -0.39 is 21.6 Å². The minimum atomic E-state index is -3.79. The van der Waals surface area contributed by atoms with E-state index in [-0.39, 0.29) is 10.7 Å². The number of sulfonamides is 1. The number of carbonyl (C=O) groups is 1. The number of esters is 1. The molecule has 7 nitrogen and oxygen atoms in total. The molecular weight excluding hydrogens is 464 g/mol. The van der Waals surface area contributed by atoms with Gasteiger partial charge < -0.3 is 9.84 Å². The lowest BCUT2D eigenvalue weighted by Crippen LogP contribution is -2.40. The molecule has 1 aliphatic heterocycles. The highest BCUT2D eigenvalue weighted by Gasteiger charge is 2.40. The van der Waals surface area contributed by atoms with E-state index in [1.54, 1.807) is 18.2 Å². The van der Waals surface area contributed by atoms with E-state index in [2.05, 4.69) is 4.72 Å². The van der Waals surface area contributed by atoms with Crippen molar-refractivity contribution in [2.24, 2.45) is 0 Å². The van der Waals surface area contributed by atoms with E-state index in [4.69, 9.17) is 10.00 Å². The number of hydrogen-bond acceptors (Lipinski definition) is 6. The number of rotatable bonds is 11. The molecule has 0 aromatic heterocycles. The molecule has 0 radical (unpaired) electrons. The lowest BCUT2D eigenvalue weighted by Gasteiger charge is -2.37. The van der Waals surface area contributed by atoms with Gasteiger partial charge in [0.2, 0.25) is 0 Å². The zero-order valence-electron chi connectivity index (χ0n) is 20.2. The fourth-order valence-corrected chi connectivity index (χ4v) is 5.62. The summed E-state index contributed by atoms with van der Waals surface area (Å²) >= 11 is 0. The summed E-state index contributed by atoms with van der Waals surface area (Å²) in [6.07, 6.45) is 5.18. The van der Waals surface area contributed by atoms with Crippen LogP contribution in [0.1, 0.15) is 69.9 Å². The minimum Gasteiger partial charge on any atom is -0.512 e. The Labute approximate surface area is 207 Å². The number of benzene rings is 2. The molecule has 2 N–H and O–H groups in total. The molecule has 3 rings (SSSR count). The monoisotopic (exact) mass is 496 g/mol. The van der Waals surface area contributed by atoms with Crippen LogP contribution >= 0.6 is 0 Å². The van der Waals surface area contributed by atoms with Crippen molar-refractivity contribution in [2.45, 2.75) is 75.7 Å². The summed E-state index contributed by atoms with van der Waals surface area (Å²) in [5, 5.41) is 19.5. The third kappa shape index (κ3) is 6.64. The molecule has 1 heterocycles. The van der Waals surface area contributed by atoms with Crippen LogP contribution in [-0.4, -0.2) is 25.1 Å². The second kappa shape index (κ2) is 11.4. The smallest absolute Gasteiger partial charge is 0.337 e. The van der Waals surface area contributed by atoms with Gasteiger partial charge in [-0.2, -0.15) is 5.26 Å². The van der Waals surface area contributed by atoms with E-state index in [0.717, 1.165) is 31.2 Å². The Hall–Kier alpha value is -3.31. The van der Waals surface area contributed by atoms with Crippen molar-refractivity contribution in [3.8, 4) is 6.07 Å². The number of aryl methyl sites for hydroxylation is 1. The van der Waals surface area contributed by atoms with Gasteiger partial charge in [0.15, 0.2) is 0 Å². The maximum atomic E-state index is 12.7. The van der Waals surface area contributed by atoms with Crippen LogP contribution < -0.4 is 4.72 Å². The molecular formula is C27H32N2O5S. The highest BCUT2D eigenvalue weighted by molar-refractivity contribution is 7.92. The van der Waals surface area contributed by atoms with Crippen LogP contribution in [0, 0.1) is 11.3 Å². The van der Waals surface area contributed by atoms with Gasteiger partial charge in [-0.1, -0.05) is 38.8 Å². The van der Waals surface area contributed by atoms with Crippen LogP contribution in [0.3, 0.4) is 0 Å². The zero-order valence-corrected chi connectivity index (χ0v) is 21.0. The number of anilines is 1. The van der Waals surface area contributed by atoms with Crippen LogP contribution in [0.25, 0.3) is 0 Å². The van der Waals surface area contributed by atoms with E-state index in [0.29, 0.717) is 42.5 Å². The zero-order chi connectivity index (χ0) is 25.5. The molecule has 8 heteroatoms. The maximum Gasteiger partial charge on any atom is 0.337 e. The Morgan fingerprint density at radius 3 is 2.37 bits per heavy atom. The SMILES string of the molecule is CCCC1(CCC)CC(O)=C(CCCc2cccc(NS(=O)(=O)c3ccc(C#N)cc3)c2)C(=O)O1. The molecule has 2 aromatic carbocycles. The van der Waals surface area contributed by atoms with Gasteiger partial charge in [0, 0.05) is 12.1 Å². The third-order valence-corrected chi connectivity index (χ3v) is 7.57. The van der Waals surface area contributed by atoms with Gasteiger partial charge in [-0.15, -0.1) is 0 Å². The average Bonchev–Trinajstić information content (AvgIpc) is 2.81. The van der Waals surface area contributed by atoms with Crippen molar-refractivity contribution in [2.75, 3.05) is 4.72 Å². The van der Waals surface area contributed by atoms with Crippen LogP contribution in [0.15, 0.2) is 64.8 Å². The molecule has 0 saturated carbocycles. The molecule has 0 bridgehead atoms. The number of cyclic esters (lactones) is 1. The van der Waals surface area contributed by atoms with Crippen LogP contribution in [-0.2, 0) is 26.0 Å². The summed E-state index contributed by atoms with van der Waals surface area (Å²) in [6, 6.07) is 14.7. The topological polar surface area (TPSA) is 116 Å². The first-order valence-electron chi connectivity index (χ1n) is 12.0. The quantitative estimate of drug-likeness (QED) is 0.381.